The minimum atomic E-state index is 0. The van der Waals surface area contributed by atoms with Crippen molar-refractivity contribution in [1.29, 1.82) is 0 Å². The van der Waals surface area contributed by atoms with Crippen molar-refractivity contribution >= 4 is 42.1 Å². The van der Waals surface area contributed by atoms with Gasteiger partial charge in [0, 0.05) is 24.0 Å². The minimum absolute atomic E-state index is 0. The fourth-order valence-corrected chi connectivity index (χ4v) is 4.60. The van der Waals surface area contributed by atoms with Crippen molar-refractivity contribution in [1.82, 2.24) is 15.2 Å². The van der Waals surface area contributed by atoms with Crippen LogP contribution < -0.4 is 5.32 Å². The van der Waals surface area contributed by atoms with E-state index in [-0.39, 0.29) is 30.7 Å². The predicted molar refractivity (Wildman–Crippen MR) is 112 cm³/mol. The number of hydrogen-bond donors (Lipinski definition) is 1. The fourth-order valence-electron chi connectivity index (χ4n) is 3.95. The van der Waals surface area contributed by atoms with E-state index in [4.69, 9.17) is 0 Å². The number of aryl methyl sites for hydroxylation is 1. The molecule has 0 radical (unpaired) electrons. The van der Waals surface area contributed by atoms with E-state index in [1.807, 2.05) is 29.3 Å². The van der Waals surface area contributed by atoms with Crippen LogP contribution in [-0.4, -0.2) is 42.0 Å². The molecule has 0 bridgehead atoms. The number of rotatable bonds is 2. The van der Waals surface area contributed by atoms with Crippen molar-refractivity contribution in [3.8, 4) is 11.3 Å². The molecule has 2 aromatic rings. The van der Waals surface area contributed by atoms with Gasteiger partial charge in [0.25, 0.3) is 5.91 Å². The summed E-state index contributed by atoms with van der Waals surface area (Å²) in [7, 11) is 0. The van der Waals surface area contributed by atoms with E-state index in [1.54, 1.807) is 11.3 Å². The monoisotopic (exact) mass is 413 g/mol. The van der Waals surface area contributed by atoms with Crippen molar-refractivity contribution in [2.24, 2.45) is 11.8 Å². The lowest BCUT2D eigenvalue weighted by Crippen LogP contribution is -2.33. The number of halogens is 2. The smallest absolute Gasteiger partial charge is 0.255 e. The molecule has 0 spiro atoms. The topological polar surface area (TPSA) is 45.2 Å². The molecule has 0 unspecified atom stereocenters. The molecule has 4 rings (SSSR count). The maximum absolute atomic E-state index is 13.0. The molecule has 1 N–H and O–H groups in total. The lowest BCUT2D eigenvalue weighted by atomic mass is 9.92. The summed E-state index contributed by atoms with van der Waals surface area (Å²) in [5, 5.41) is 7.62. The molecule has 142 valence electrons. The van der Waals surface area contributed by atoms with Gasteiger partial charge < -0.3 is 10.2 Å². The highest BCUT2D eigenvalue weighted by Gasteiger charge is 2.32. The average molecular weight is 414 g/mol. The summed E-state index contributed by atoms with van der Waals surface area (Å²) in [6.07, 6.45) is 2.23. The van der Waals surface area contributed by atoms with E-state index in [0.29, 0.717) is 0 Å². The van der Waals surface area contributed by atoms with E-state index < -0.39 is 0 Å². The summed E-state index contributed by atoms with van der Waals surface area (Å²) in [5.41, 5.74) is 3.65. The number of carbonyl (C=O) groups excluding carboxylic acids is 1. The summed E-state index contributed by atoms with van der Waals surface area (Å²) in [6.45, 7) is 5.91. The highest BCUT2D eigenvalue weighted by Crippen LogP contribution is 2.28. The number of nitrogens with one attached hydrogen (secondary N) is 1. The Balaban J connectivity index is 0.00000121. The van der Waals surface area contributed by atoms with Gasteiger partial charge in [0.2, 0.25) is 0 Å². The van der Waals surface area contributed by atoms with E-state index in [9.17, 15) is 4.79 Å². The first-order valence-electron chi connectivity index (χ1n) is 8.72. The van der Waals surface area contributed by atoms with Gasteiger partial charge in [-0.1, -0.05) is 0 Å². The third-order valence-electron chi connectivity index (χ3n) is 5.44. The molecule has 0 saturated carbocycles. The zero-order valence-electron chi connectivity index (χ0n) is 14.8. The van der Waals surface area contributed by atoms with Crippen molar-refractivity contribution in [2.75, 3.05) is 26.2 Å². The number of carbonyl (C=O) groups is 1. The van der Waals surface area contributed by atoms with Crippen molar-refractivity contribution in [3.63, 3.8) is 0 Å². The zero-order valence-corrected chi connectivity index (χ0v) is 17.3. The van der Waals surface area contributed by atoms with Gasteiger partial charge in [-0.2, -0.15) is 11.3 Å². The molecule has 2 fully saturated rings. The molecule has 2 atom stereocenters. The van der Waals surface area contributed by atoms with Gasteiger partial charge in [-0.15, -0.1) is 24.8 Å². The Bertz CT molecular complexity index is 724. The van der Waals surface area contributed by atoms with Crippen LogP contribution in [0.2, 0.25) is 0 Å². The van der Waals surface area contributed by atoms with Crippen LogP contribution in [-0.2, 0) is 0 Å². The second kappa shape index (κ2) is 9.18. The molecule has 4 heterocycles. The molecular formula is C19H25Cl2N3OS. The standard InChI is InChI=1S/C19H23N3OS.2ClH/c1-13-17(2-3-18(21-13)16-6-9-24-12-16)19(23)22-7-4-14-10-20-11-15(14)5-8-22;;/h2-3,6,9,12,14-15,20H,4-5,7-8,10-11H2,1H3;2*1H/t14-,15+;;. The highest BCUT2D eigenvalue weighted by molar-refractivity contribution is 7.08. The van der Waals surface area contributed by atoms with Gasteiger partial charge in [0.1, 0.15) is 0 Å². The molecule has 26 heavy (non-hydrogen) atoms. The number of hydrogen-bond acceptors (Lipinski definition) is 4. The summed E-state index contributed by atoms with van der Waals surface area (Å²) in [4.78, 5) is 19.7. The van der Waals surface area contributed by atoms with Crippen molar-refractivity contribution < 1.29 is 4.79 Å². The maximum Gasteiger partial charge on any atom is 0.255 e. The Morgan fingerprint density at radius 1 is 1.15 bits per heavy atom. The lowest BCUT2D eigenvalue weighted by Gasteiger charge is -2.22. The number of likely N-dealkylation sites (tertiary alicyclic amines) is 1. The molecular weight excluding hydrogens is 389 g/mol. The molecule has 2 saturated heterocycles. The molecule has 2 aliphatic heterocycles. The van der Waals surface area contributed by atoms with Crippen LogP contribution in [0.15, 0.2) is 29.0 Å². The Morgan fingerprint density at radius 2 is 1.85 bits per heavy atom. The Kier molecular flexibility index (Phi) is 7.47. The number of amides is 1. The van der Waals surface area contributed by atoms with Crippen LogP contribution in [0.25, 0.3) is 11.3 Å². The second-order valence-corrected chi connectivity index (χ2v) is 7.67. The van der Waals surface area contributed by atoms with Crippen LogP contribution in [0.5, 0.6) is 0 Å². The fraction of sp³-hybridized carbons (Fsp3) is 0.474. The van der Waals surface area contributed by atoms with Gasteiger partial charge in [0.05, 0.1) is 17.0 Å². The SMILES string of the molecule is Cc1nc(-c2ccsc2)ccc1C(=O)N1CC[C@@H]2CNC[C@@H]2CC1.Cl.Cl. The van der Waals surface area contributed by atoms with Crippen LogP contribution in [0.4, 0.5) is 0 Å². The van der Waals surface area contributed by atoms with Gasteiger partial charge in [-0.05, 0) is 68.3 Å². The number of thiophene rings is 1. The summed E-state index contributed by atoms with van der Waals surface area (Å²) < 4.78 is 0. The number of pyridine rings is 1. The van der Waals surface area contributed by atoms with E-state index in [0.717, 1.165) is 73.4 Å². The van der Waals surface area contributed by atoms with Gasteiger partial charge in [-0.25, -0.2) is 0 Å². The number of nitrogens with zero attached hydrogens (tertiary/aromatic N) is 2. The third kappa shape index (κ3) is 4.22. The Morgan fingerprint density at radius 3 is 2.42 bits per heavy atom. The highest BCUT2D eigenvalue weighted by atomic mass is 35.5. The van der Waals surface area contributed by atoms with Crippen molar-refractivity contribution in [2.45, 2.75) is 19.8 Å². The van der Waals surface area contributed by atoms with Crippen molar-refractivity contribution in [3.05, 3.63) is 40.2 Å². The van der Waals surface area contributed by atoms with Crippen LogP contribution in [0, 0.1) is 18.8 Å². The third-order valence-corrected chi connectivity index (χ3v) is 6.12. The normalized spacial score (nSPS) is 22.0. The number of fused-ring (bicyclic) bond motifs is 1. The average Bonchev–Trinajstić information content (AvgIpc) is 3.23. The molecule has 0 aliphatic carbocycles. The first-order chi connectivity index (χ1) is 11.7. The summed E-state index contributed by atoms with van der Waals surface area (Å²) >= 11 is 1.66. The summed E-state index contributed by atoms with van der Waals surface area (Å²) in [6, 6.07) is 5.99. The first-order valence-corrected chi connectivity index (χ1v) is 9.67. The quantitative estimate of drug-likeness (QED) is 0.807. The summed E-state index contributed by atoms with van der Waals surface area (Å²) in [5.74, 6) is 1.62. The molecule has 0 aromatic carbocycles. The first kappa shape index (κ1) is 21.2. The van der Waals surface area contributed by atoms with Crippen LogP contribution >= 0.6 is 36.2 Å². The molecule has 1 amide bonds. The maximum atomic E-state index is 13.0. The Hall–Kier alpha value is -1.14. The molecule has 2 aromatic heterocycles. The zero-order chi connectivity index (χ0) is 16.5. The number of aromatic nitrogens is 1. The minimum Gasteiger partial charge on any atom is -0.339 e. The Labute approximate surface area is 171 Å². The molecule has 7 heteroatoms. The second-order valence-electron chi connectivity index (χ2n) is 6.89. The van der Waals surface area contributed by atoms with Gasteiger partial charge in [-0.3, -0.25) is 9.78 Å². The van der Waals surface area contributed by atoms with E-state index >= 15 is 0 Å². The van der Waals surface area contributed by atoms with Crippen LogP contribution in [0.1, 0.15) is 28.9 Å². The van der Waals surface area contributed by atoms with Gasteiger partial charge >= 0.3 is 0 Å². The molecule has 4 nitrogen and oxygen atoms in total. The van der Waals surface area contributed by atoms with E-state index in [1.165, 1.54) is 0 Å². The van der Waals surface area contributed by atoms with Crippen LogP contribution in [0.3, 0.4) is 0 Å². The van der Waals surface area contributed by atoms with Gasteiger partial charge in [0.15, 0.2) is 0 Å². The van der Waals surface area contributed by atoms with E-state index in [2.05, 4.69) is 21.7 Å². The largest absolute Gasteiger partial charge is 0.339 e. The lowest BCUT2D eigenvalue weighted by molar-refractivity contribution is 0.0757. The molecule has 2 aliphatic rings. The predicted octanol–water partition coefficient (Wildman–Crippen LogP) is 4.03.